The molecule has 1 aliphatic rings. The highest BCUT2D eigenvalue weighted by Crippen LogP contribution is 2.22. The zero-order valence-electron chi connectivity index (χ0n) is 12.3. The number of hydrogen-bond donors (Lipinski definition) is 2. The third-order valence-corrected chi connectivity index (χ3v) is 3.93. The molecule has 1 aliphatic heterocycles. The Morgan fingerprint density at radius 3 is 2.75 bits per heavy atom. The predicted molar refractivity (Wildman–Crippen MR) is 79.7 cm³/mol. The highest BCUT2D eigenvalue weighted by atomic mass is 16.5. The van der Waals surface area contributed by atoms with E-state index in [1.165, 1.54) is 5.56 Å². The summed E-state index contributed by atoms with van der Waals surface area (Å²) in [5.41, 5.74) is 1.90. The molecular formula is C16H24N2O2. The molecule has 4 nitrogen and oxygen atoms in total. The highest BCUT2D eigenvalue weighted by Gasteiger charge is 2.25. The van der Waals surface area contributed by atoms with Crippen molar-refractivity contribution in [1.82, 2.24) is 10.6 Å². The van der Waals surface area contributed by atoms with E-state index < -0.39 is 0 Å². The van der Waals surface area contributed by atoms with Gasteiger partial charge in [-0.25, -0.2) is 0 Å². The minimum absolute atomic E-state index is 0.0431. The van der Waals surface area contributed by atoms with E-state index in [1.54, 1.807) is 7.05 Å². The van der Waals surface area contributed by atoms with Crippen molar-refractivity contribution in [2.45, 2.75) is 32.4 Å². The van der Waals surface area contributed by atoms with Crippen LogP contribution in [0.3, 0.4) is 0 Å². The van der Waals surface area contributed by atoms with Gasteiger partial charge >= 0.3 is 0 Å². The van der Waals surface area contributed by atoms with Crippen LogP contribution in [-0.4, -0.2) is 32.2 Å². The fourth-order valence-electron chi connectivity index (χ4n) is 2.70. The van der Waals surface area contributed by atoms with Crippen molar-refractivity contribution in [2.24, 2.45) is 5.92 Å². The van der Waals surface area contributed by atoms with Crippen LogP contribution >= 0.6 is 0 Å². The molecule has 1 aromatic rings. The number of ether oxygens (including phenoxy) is 1. The lowest BCUT2D eigenvalue weighted by Gasteiger charge is -2.17. The number of carbonyl (C=O) groups excluding carboxylic acids is 1. The van der Waals surface area contributed by atoms with Crippen LogP contribution in [0.1, 0.15) is 35.7 Å². The summed E-state index contributed by atoms with van der Waals surface area (Å²) in [7, 11) is 1.64. The van der Waals surface area contributed by atoms with Crippen molar-refractivity contribution in [2.75, 3.05) is 20.2 Å². The highest BCUT2D eigenvalue weighted by molar-refractivity contribution is 5.93. The zero-order chi connectivity index (χ0) is 14.4. The molecule has 0 aliphatic carbocycles. The first-order chi connectivity index (χ1) is 9.74. The standard InChI is InChI=1S/C16H24N2O2/c1-3-15-14(8-9-20-15)11-18-10-12-4-6-13(7-5-12)16(19)17-2/h4-7,14-15,18H,3,8-11H2,1-2H3,(H,17,19). The summed E-state index contributed by atoms with van der Waals surface area (Å²) in [6.45, 7) is 4.91. The van der Waals surface area contributed by atoms with Crippen LogP contribution in [0.5, 0.6) is 0 Å². The Hall–Kier alpha value is -1.39. The minimum Gasteiger partial charge on any atom is -0.378 e. The van der Waals surface area contributed by atoms with E-state index in [1.807, 2.05) is 24.3 Å². The van der Waals surface area contributed by atoms with Gasteiger partial charge in [0.15, 0.2) is 0 Å². The third-order valence-electron chi connectivity index (χ3n) is 3.93. The summed E-state index contributed by atoms with van der Waals surface area (Å²) in [4.78, 5) is 11.4. The van der Waals surface area contributed by atoms with E-state index in [-0.39, 0.29) is 5.91 Å². The SMILES string of the molecule is CCC1OCCC1CNCc1ccc(C(=O)NC)cc1. The van der Waals surface area contributed by atoms with Crippen molar-refractivity contribution < 1.29 is 9.53 Å². The second-order valence-electron chi connectivity index (χ2n) is 5.27. The summed E-state index contributed by atoms with van der Waals surface area (Å²) < 4.78 is 5.69. The van der Waals surface area contributed by atoms with Crippen LogP contribution in [0.25, 0.3) is 0 Å². The zero-order valence-corrected chi connectivity index (χ0v) is 12.3. The van der Waals surface area contributed by atoms with Gasteiger partial charge in [-0.15, -0.1) is 0 Å². The first kappa shape index (κ1) is 15.0. The predicted octanol–water partition coefficient (Wildman–Crippen LogP) is 1.95. The number of amides is 1. The summed E-state index contributed by atoms with van der Waals surface area (Å²) >= 11 is 0. The molecular weight excluding hydrogens is 252 g/mol. The van der Waals surface area contributed by atoms with Gasteiger partial charge in [0.05, 0.1) is 6.10 Å². The van der Waals surface area contributed by atoms with Gasteiger partial charge in [-0.2, -0.15) is 0 Å². The minimum atomic E-state index is -0.0431. The molecule has 20 heavy (non-hydrogen) atoms. The Morgan fingerprint density at radius 2 is 2.10 bits per heavy atom. The van der Waals surface area contributed by atoms with Gasteiger partial charge in [0, 0.05) is 32.3 Å². The van der Waals surface area contributed by atoms with Gasteiger partial charge in [-0.05, 0) is 36.5 Å². The lowest BCUT2D eigenvalue weighted by molar-refractivity contribution is 0.0872. The van der Waals surface area contributed by atoms with Gasteiger partial charge in [-0.3, -0.25) is 4.79 Å². The summed E-state index contributed by atoms with van der Waals surface area (Å²) in [5.74, 6) is 0.587. The molecule has 0 radical (unpaired) electrons. The molecule has 1 saturated heterocycles. The van der Waals surface area contributed by atoms with E-state index in [0.29, 0.717) is 17.6 Å². The molecule has 1 amide bonds. The first-order valence-electron chi connectivity index (χ1n) is 7.38. The van der Waals surface area contributed by atoms with Gasteiger partial charge in [0.1, 0.15) is 0 Å². The van der Waals surface area contributed by atoms with Gasteiger partial charge < -0.3 is 15.4 Å². The molecule has 110 valence electrons. The van der Waals surface area contributed by atoms with Crippen LogP contribution in [0, 0.1) is 5.92 Å². The molecule has 2 atom stereocenters. The number of rotatable bonds is 6. The summed E-state index contributed by atoms with van der Waals surface area (Å²) in [6.07, 6.45) is 2.66. The molecule has 2 rings (SSSR count). The van der Waals surface area contributed by atoms with E-state index in [0.717, 1.165) is 32.5 Å². The Morgan fingerprint density at radius 1 is 1.35 bits per heavy atom. The molecule has 2 unspecified atom stereocenters. The quantitative estimate of drug-likeness (QED) is 0.835. The maximum absolute atomic E-state index is 11.4. The molecule has 0 spiro atoms. The first-order valence-corrected chi connectivity index (χ1v) is 7.38. The Balaban J connectivity index is 1.78. The number of carbonyl (C=O) groups is 1. The summed E-state index contributed by atoms with van der Waals surface area (Å²) in [6, 6.07) is 7.73. The van der Waals surface area contributed by atoms with Gasteiger partial charge in [-0.1, -0.05) is 19.1 Å². The lowest BCUT2D eigenvalue weighted by Crippen LogP contribution is -2.28. The van der Waals surface area contributed by atoms with Crippen molar-refractivity contribution >= 4 is 5.91 Å². The van der Waals surface area contributed by atoms with E-state index in [2.05, 4.69) is 17.6 Å². The van der Waals surface area contributed by atoms with Crippen molar-refractivity contribution in [1.29, 1.82) is 0 Å². The molecule has 4 heteroatoms. The monoisotopic (exact) mass is 276 g/mol. The Kier molecular flexibility index (Phi) is 5.56. The van der Waals surface area contributed by atoms with E-state index in [9.17, 15) is 4.79 Å². The van der Waals surface area contributed by atoms with E-state index >= 15 is 0 Å². The van der Waals surface area contributed by atoms with Crippen molar-refractivity contribution in [3.05, 3.63) is 35.4 Å². The van der Waals surface area contributed by atoms with Gasteiger partial charge in [0.25, 0.3) is 5.91 Å². The van der Waals surface area contributed by atoms with E-state index in [4.69, 9.17) is 4.74 Å². The van der Waals surface area contributed by atoms with Gasteiger partial charge in [0.2, 0.25) is 0 Å². The molecule has 0 saturated carbocycles. The average molecular weight is 276 g/mol. The Bertz CT molecular complexity index is 431. The molecule has 2 N–H and O–H groups in total. The van der Waals surface area contributed by atoms with Crippen molar-refractivity contribution in [3.8, 4) is 0 Å². The van der Waals surface area contributed by atoms with Crippen LogP contribution < -0.4 is 10.6 Å². The van der Waals surface area contributed by atoms with Crippen LogP contribution in [0.4, 0.5) is 0 Å². The number of nitrogens with one attached hydrogen (secondary N) is 2. The second-order valence-corrected chi connectivity index (χ2v) is 5.27. The fraction of sp³-hybridized carbons (Fsp3) is 0.562. The maximum atomic E-state index is 11.4. The molecule has 0 aromatic heterocycles. The van der Waals surface area contributed by atoms with Crippen LogP contribution in [0.2, 0.25) is 0 Å². The lowest BCUT2D eigenvalue weighted by atomic mass is 9.99. The Labute approximate surface area is 120 Å². The number of hydrogen-bond acceptors (Lipinski definition) is 3. The van der Waals surface area contributed by atoms with Crippen LogP contribution in [-0.2, 0) is 11.3 Å². The smallest absolute Gasteiger partial charge is 0.251 e. The average Bonchev–Trinajstić information content (AvgIpc) is 2.94. The normalized spacial score (nSPS) is 21.9. The molecule has 1 aromatic carbocycles. The third kappa shape index (κ3) is 3.81. The van der Waals surface area contributed by atoms with Crippen molar-refractivity contribution in [3.63, 3.8) is 0 Å². The molecule has 1 heterocycles. The maximum Gasteiger partial charge on any atom is 0.251 e. The largest absolute Gasteiger partial charge is 0.378 e. The molecule has 1 fully saturated rings. The second kappa shape index (κ2) is 7.41. The fourth-order valence-corrected chi connectivity index (χ4v) is 2.70. The topological polar surface area (TPSA) is 50.4 Å². The van der Waals surface area contributed by atoms with Crippen LogP contribution in [0.15, 0.2) is 24.3 Å². The molecule has 0 bridgehead atoms. The number of benzene rings is 1. The summed E-state index contributed by atoms with van der Waals surface area (Å²) in [5, 5.41) is 6.11.